The number of hydrogen-bond acceptors (Lipinski definition) is 2. The minimum atomic E-state index is 0.294. The van der Waals surface area contributed by atoms with Gasteiger partial charge < -0.3 is 0 Å². The molecule has 1 aromatic carbocycles. The summed E-state index contributed by atoms with van der Waals surface area (Å²) in [5, 5.41) is 8.62. The molecule has 1 atom stereocenters. The molecular weight excluding hydrogens is 252 g/mol. The topological polar surface area (TPSA) is 27.0 Å². The molecule has 0 aliphatic rings. The maximum atomic E-state index is 8.62. The molecule has 1 unspecified atom stereocenters. The van der Waals surface area contributed by atoms with E-state index in [9.17, 15) is 0 Å². The molecule has 15 heavy (non-hydrogen) atoms. The van der Waals surface area contributed by atoms with Crippen molar-refractivity contribution >= 4 is 15.9 Å². The highest BCUT2D eigenvalue weighted by Crippen LogP contribution is 2.18. The Labute approximate surface area is 99.6 Å². The minimum absolute atomic E-state index is 0.294. The number of rotatable bonds is 4. The molecule has 0 N–H and O–H groups in total. The molecule has 80 valence electrons. The van der Waals surface area contributed by atoms with Gasteiger partial charge >= 0.3 is 0 Å². The van der Waals surface area contributed by atoms with Crippen LogP contribution >= 0.6 is 15.9 Å². The van der Waals surface area contributed by atoms with Crippen molar-refractivity contribution in [2.45, 2.75) is 25.9 Å². The van der Waals surface area contributed by atoms with Gasteiger partial charge in [0.25, 0.3) is 0 Å². The Kier molecular flexibility index (Phi) is 4.80. The molecule has 2 nitrogen and oxygen atoms in total. The highest BCUT2D eigenvalue weighted by molar-refractivity contribution is 9.10. The second-order valence-corrected chi connectivity index (χ2v) is 4.57. The molecular formula is C12H15BrN2. The van der Waals surface area contributed by atoms with Gasteiger partial charge in [0, 0.05) is 17.1 Å². The van der Waals surface area contributed by atoms with Crippen LogP contribution < -0.4 is 0 Å². The van der Waals surface area contributed by atoms with E-state index in [1.54, 1.807) is 0 Å². The molecule has 0 saturated carbocycles. The summed E-state index contributed by atoms with van der Waals surface area (Å²) in [5.41, 5.74) is 1.25. The van der Waals surface area contributed by atoms with Crippen molar-refractivity contribution in [2.24, 2.45) is 0 Å². The largest absolute Gasteiger partial charge is 0.298 e. The van der Waals surface area contributed by atoms with Crippen molar-refractivity contribution in [3.05, 3.63) is 34.3 Å². The van der Waals surface area contributed by atoms with Crippen LogP contribution in [0.15, 0.2) is 28.7 Å². The van der Waals surface area contributed by atoms with Crippen molar-refractivity contribution in [2.75, 3.05) is 7.05 Å². The highest BCUT2D eigenvalue weighted by Gasteiger charge is 2.10. The highest BCUT2D eigenvalue weighted by atomic mass is 79.9. The average Bonchev–Trinajstić information content (AvgIpc) is 2.21. The Morgan fingerprint density at radius 3 is 2.73 bits per heavy atom. The molecule has 0 spiro atoms. The third-order valence-corrected chi connectivity index (χ3v) is 3.29. The van der Waals surface area contributed by atoms with E-state index in [1.165, 1.54) is 5.56 Å². The van der Waals surface area contributed by atoms with E-state index in [1.807, 2.05) is 25.2 Å². The van der Waals surface area contributed by atoms with E-state index in [0.29, 0.717) is 12.5 Å². The first-order valence-electron chi connectivity index (χ1n) is 4.95. The summed E-state index contributed by atoms with van der Waals surface area (Å²) < 4.78 is 1.13. The molecule has 1 aromatic rings. The Morgan fingerprint density at radius 1 is 1.47 bits per heavy atom. The van der Waals surface area contributed by atoms with Crippen molar-refractivity contribution < 1.29 is 0 Å². The summed E-state index contributed by atoms with van der Waals surface area (Å²) in [6.45, 7) is 2.93. The molecule has 0 aromatic heterocycles. The maximum absolute atomic E-state index is 8.62. The Balaban J connectivity index is 2.63. The van der Waals surface area contributed by atoms with Crippen LogP contribution in [0.2, 0.25) is 0 Å². The Bertz CT molecular complexity index is 357. The van der Waals surface area contributed by atoms with Crippen molar-refractivity contribution in [3.8, 4) is 6.07 Å². The second kappa shape index (κ2) is 5.89. The fourth-order valence-corrected chi connectivity index (χ4v) is 1.75. The van der Waals surface area contributed by atoms with Crippen molar-refractivity contribution in [3.63, 3.8) is 0 Å². The first-order valence-corrected chi connectivity index (χ1v) is 5.75. The lowest BCUT2D eigenvalue weighted by Gasteiger charge is -2.23. The summed E-state index contributed by atoms with van der Waals surface area (Å²) in [4.78, 5) is 2.18. The molecule has 3 heteroatoms. The van der Waals surface area contributed by atoms with Crippen LogP contribution in [0.3, 0.4) is 0 Å². The molecule has 0 bridgehead atoms. The van der Waals surface area contributed by atoms with E-state index in [0.717, 1.165) is 11.0 Å². The molecule has 0 radical (unpaired) electrons. The van der Waals surface area contributed by atoms with E-state index in [4.69, 9.17) is 5.26 Å². The lowest BCUT2D eigenvalue weighted by molar-refractivity contribution is 0.252. The monoisotopic (exact) mass is 266 g/mol. The second-order valence-electron chi connectivity index (χ2n) is 3.72. The van der Waals surface area contributed by atoms with E-state index >= 15 is 0 Å². The Hall–Kier alpha value is -0.850. The SMILES string of the molecule is CC(CC#N)N(C)Cc1ccccc1Br. The van der Waals surface area contributed by atoms with Crippen molar-refractivity contribution in [1.29, 1.82) is 5.26 Å². The summed E-state index contributed by atoms with van der Waals surface area (Å²) in [6.07, 6.45) is 0.570. The van der Waals surface area contributed by atoms with E-state index in [-0.39, 0.29) is 0 Å². The van der Waals surface area contributed by atoms with Gasteiger partial charge in [0.05, 0.1) is 12.5 Å². The molecule has 1 rings (SSSR count). The quantitative estimate of drug-likeness (QED) is 0.837. The number of hydrogen-bond donors (Lipinski definition) is 0. The predicted molar refractivity (Wildman–Crippen MR) is 65.3 cm³/mol. The molecule has 0 aliphatic heterocycles. The number of nitrogens with zero attached hydrogens (tertiary/aromatic N) is 2. The number of nitriles is 1. The smallest absolute Gasteiger partial charge is 0.0638 e. The van der Waals surface area contributed by atoms with Gasteiger partial charge in [0.15, 0.2) is 0 Å². The summed E-state index contributed by atoms with van der Waals surface area (Å²) in [5.74, 6) is 0. The van der Waals surface area contributed by atoms with Crippen molar-refractivity contribution in [1.82, 2.24) is 4.90 Å². The fourth-order valence-electron chi connectivity index (χ4n) is 1.34. The van der Waals surface area contributed by atoms with Crippen LogP contribution in [0, 0.1) is 11.3 Å². The summed E-state index contributed by atoms with van der Waals surface area (Å²) in [6, 6.07) is 10.7. The zero-order valence-electron chi connectivity index (χ0n) is 9.07. The zero-order chi connectivity index (χ0) is 11.3. The van der Waals surface area contributed by atoms with Crippen LogP contribution in [-0.2, 0) is 6.54 Å². The number of halogens is 1. The third-order valence-electron chi connectivity index (χ3n) is 2.52. The van der Waals surface area contributed by atoms with Gasteiger partial charge in [0.2, 0.25) is 0 Å². The van der Waals surface area contributed by atoms with Gasteiger partial charge in [-0.05, 0) is 25.6 Å². The number of benzene rings is 1. The Morgan fingerprint density at radius 2 is 2.13 bits per heavy atom. The first kappa shape index (κ1) is 12.2. The fraction of sp³-hybridized carbons (Fsp3) is 0.417. The van der Waals surface area contributed by atoms with Gasteiger partial charge in [-0.1, -0.05) is 34.1 Å². The van der Waals surface area contributed by atoms with Crippen LogP contribution in [0.4, 0.5) is 0 Å². The lowest BCUT2D eigenvalue weighted by atomic mass is 10.1. The molecule has 0 saturated heterocycles. The normalized spacial score (nSPS) is 12.5. The van der Waals surface area contributed by atoms with Crippen LogP contribution in [0.5, 0.6) is 0 Å². The van der Waals surface area contributed by atoms with E-state index in [2.05, 4.69) is 39.9 Å². The maximum Gasteiger partial charge on any atom is 0.0638 e. The molecule has 0 fully saturated rings. The predicted octanol–water partition coefficient (Wildman–Crippen LogP) is 3.18. The minimum Gasteiger partial charge on any atom is -0.298 e. The average molecular weight is 267 g/mol. The molecule has 0 heterocycles. The first-order chi connectivity index (χ1) is 7.15. The van der Waals surface area contributed by atoms with Crippen LogP contribution in [0.25, 0.3) is 0 Å². The van der Waals surface area contributed by atoms with Crippen LogP contribution in [-0.4, -0.2) is 18.0 Å². The van der Waals surface area contributed by atoms with Gasteiger partial charge in [-0.15, -0.1) is 0 Å². The molecule has 0 amide bonds. The standard InChI is InChI=1S/C12H15BrN2/c1-10(7-8-14)15(2)9-11-5-3-4-6-12(11)13/h3-6,10H,7,9H2,1-2H3. The van der Waals surface area contributed by atoms with Crippen LogP contribution in [0.1, 0.15) is 18.9 Å². The van der Waals surface area contributed by atoms with E-state index < -0.39 is 0 Å². The van der Waals surface area contributed by atoms with Gasteiger partial charge in [-0.2, -0.15) is 5.26 Å². The van der Waals surface area contributed by atoms with Gasteiger partial charge in [-0.3, -0.25) is 4.90 Å². The van der Waals surface area contributed by atoms with Gasteiger partial charge in [0.1, 0.15) is 0 Å². The zero-order valence-corrected chi connectivity index (χ0v) is 10.7. The molecule has 0 aliphatic carbocycles. The summed E-state index contributed by atoms with van der Waals surface area (Å²) in [7, 11) is 2.04. The van der Waals surface area contributed by atoms with Gasteiger partial charge in [-0.25, -0.2) is 0 Å². The summed E-state index contributed by atoms with van der Waals surface area (Å²) >= 11 is 3.52. The lowest BCUT2D eigenvalue weighted by Crippen LogP contribution is -2.28. The third kappa shape index (κ3) is 3.65.